The van der Waals surface area contributed by atoms with Crippen molar-refractivity contribution >= 4 is 31.6 Å². The average Bonchev–Trinajstić information content (AvgIpc) is 2.69. The van der Waals surface area contributed by atoms with Gasteiger partial charge in [-0.1, -0.05) is 19.4 Å². The number of nitrogens with zero attached hydrogens (tertiary/aromatic N) is 2. The topological polar surface area (TPSA) is 93.1 Å². The van der Waals surface area contributed by atoms with Crippen molar-refractivity contribution in [1.82, 2.24) is 14.5 Å². The van der Waals surface area contributed by atoms with Gasteiger partial charge in [-0.05, 0) is 55.6 Å². The highest BCUT2D eigenvalue weighted by atomic mass is 32.5. The van der Waals surface area contributed by atoms with Gasteiger partial charge < -0.3 is 5.32 Å². The van der Waals surface area contributed by atoms with Crippen LogP contribution in [0.5, 0.6) is 0 Å². The lowest BCUT2D eigenvalue weighted by Gasteiger charge is -2.40. The second-order valence-corrected chi connectivity index (χ2v) is 11.0. The summed E-state index contributed by atoms with van der Waals surface area (Å²) in [4.78, 5) is 9.48. The van der Waals surface area contributed by atoms with Gasteiger partial charge in [-0.15, -0.1) is 0 Å². The highest BCUT2D eigenvalue weighted by Gasteiger charge is 2.65. The number of rotatable bonds is 6. The lowest BCUT2D eigenvalue weighted by molar-refractivity contribution is 0.364. The molecule has 3 rings (SSSR count). The molecule has 0 amide bonds. The molecule has 0 aliphatic heterocycles. The molecule has 0 unspecified atom stereocenters. The minimum absolute atomic E-state index is 0.0332. The van der Waals surface area contributed by atoms with Crippen LogP contribution in [-0.4, -0.2) is 25.2 Å². The van der Waals surface area contributed by atoms with Crippen LogP contribution in [0, 0.1) is 0 Å². The lowest BCUT2D eigenvalue weighted by atomic mass is 10.1. The van der Waals surface area contributed by atoms with Crippen LogP contribution in [0.2, 0.25) is 0 Å². The van der Waals surface area contributed by atoms with E-state index in [9.17, 15) is 32.6 Å². The van der Waals surface area contributed by atoms with E-state index in [4.69, 9.17) is 0 Å². The van der Waals surface area contributed by atoms with Crippen LogP contribution < -0.4 is 15.6 Å². The first kappa shape index (κ1) is 23.7. The van der Waals surface area contributed by atoms with Gasteiger partial charge in [0.05, 0.1) is 10.6 Å². The molecule has 0 atom stereocenters. The third-order valence-electron chi connectivity index (χ3n) is 4.39. The molecule has 174 valence electrons. The summed E-state index contributed by atoms with van der Waals surface area (Å²) in [5, 5.41) is 6.83. The Morgan fingerprint density at radius 2 is 1.56 bits per heavy atom. The maximum atomic E-state index is 12.9. The van der Waals surface area contributed by atoms with Gasteiger partial charge in [0.2, 0.25) is 10.0 Å². The van der Waals surface area contributed by atoms with Gasteiger partial charge in [-0.3, -0.25) is 4.79 Å². The van der Waals surface area contributed by atoms with E-state index in [-0.39, 0.29) is 39.7 Å². The maximum absolute atomic E-state index is 12.9. The number of aromatic nitrogens is 2. The van der Waals surface area contributed by atoms with Gasteiger partial charge in [0.15, 0.2) is 0 Å². The maximum Gasteiger partial charge on any atom is 0.310 e. The van der Waals surface area contributed by atoms with Crippen molar-refractivity contribution in [3.63, 3.8) is 0 Å². The summed E-state index contributed by atoms with van der Waals surface area (Å²) in [6.45, 7) is 0. The third kappa shape index (κ3) is 5.08. The number of anilines is 2. The Morgan fingerprint density at radius 3 is 2.09 bits per heavy atom. The molecule has 3 aromatic rings. The van der Waals surface area contributed by atoms with Crippen molar-refractivity contribution in [1.29, 1.82) is 0 Å². The fourth-order valence-corrected chi connectivity index (χ4v) is 4.13. The SMILES string of the molecule is CNS(=O)(=O)c1ccc(Nc2ccc(S(F)(F)(F)(F)F)cc2)c(-c2ccc(=O)n(C)n2)c1. The van der Waals surface area contributed by atoms with Crippen molar-refractivity contribution in [3.8, 4) is 11.3 Å². The number of hydrogen-bond acceptors (Lipinski definition) is 5. The molecule has 0 spiro atoms. The zero-order valence-electron chi connectivity index (χ0n) is 16.5. The van der Waals surface area contributed by atoms with Crippen LogP contribution in [0.3, 0.4) is 0 Å². The summed E-state index contributed by atoms with van der Waals surface area (Å²) in [6, 6.07) is 8.54. The fraction of sp³-hybridized carbons (Fsp3) is 0.111. The normalized spacial score (nSPS) is 14.5. The summed E-state index contributed by atoms with van der Waals surface area (Å²) >= 11 is 0. The predicted octanol–water partition coefficient (Wildman–Crippen LogP) is 4.76. The molecular weight excluding hydrogens is 479 g/mol. The molecule has 0 saturated carbocycles. The van der Waals surface area contributed by atoms with Crippen LogP contribution in [0.4, 0.5) is 30.8 Å². The molecule has 0 fully saturated rings. The quantitative estimate of drug-likeness (QED) is 0.480. The summed E-state index contributed by atoms with van der Waals surface area (Å²) in [5.41, 5.74) is 0.214. The number of halogens is 5. The molecule has 0 radical (unpaired) electrons. The number of benzene rings is 2. The van der Waals surface area contributed by atoms with E-state index in [0.29, 0.717) is 0 Å². The van der Waals surface area contributed by atoms with E-state index in [1.165, 1.54) is 44.4 Å². The van der Waals surface area contributed by atoms with Crippen molar-refractivity contribution in [3.05, 3.63) is 65.0 Å². The van der Waals surface area contributed by atoms with Crippen molar-refractivity contribution in [2.75, 3.05) is 12.4 Å². The average molecular weight is 496 g/mol. The number of sulfonamides is 1. The van der Waals surface area contributed by atoms with Crippen molar-refractivity contribution in [2.45, 2.75) is 9.79 Å². The molecule has 1 aromatic heterocycles. The molecule has 0 aliphatic rings. The Kier molecular flexibility index (Phi) is 5.19. The van der Waals surface area contributed by atoms with E-state index in [0.717, 1.165) is 16.8 Å². The monoisotopic (exact) mass is 496 g/mol. The molecule has 0 saturated heterocycles. The summed E-state index contributed by atoms with van der Waals surface area (Å²) in [7, 11) is -11.1. The van der Waals surface area contributed by atoms with Crippen molar-refractivity contribution < 1.29 is 27.8 Å². The van der Waals surface area contributed by atoms with E-state index >= 15 is 0 Å². The first-order chi connectivity index (χ1) is 14.5. The molecule has 0 aliphatic carbocycles. The Hall–Kier alpha value is -2.97. The first-order valence-electron chi connectivity index (χ1n) is 8.74. The predicted molar refractivity (Wildman–Crippen MR) is 112 cm³/mol. The van der Waals surface area contributed by atoms with Crippen LogP contribution >= 0.6 is 10.2 Å². The van der Waals surface area contributed by atoms with E-state index in [2.05, 4.69) is 15.1 Å². The first-order valence-corrected chi connectivity index (χ1v) is 12.2. The Bertz CT molecular complexity index is 1360. The largest absolute Gasteiger partial charge is 0.355 e. The zero-order chi connectivity index (χ0) is 24.0. The van der Waals surface area contributed by atoms with E-state index in [1.807, 2.05) is 0 Å². The lowest BCUT2D eigenvalue weighted by Crippen LogP contribution is -2.19. The molecule has 14 heteroatoms. The van der Waals surface area contributed by atoms with Crippen LogP contribution in [0.1, 0.15) is 0 Å². The second-order valence-electron chi connectivity index (χ2n) is 6.71. The van der Waals surface area contributed by atoms with Gasteiger partial charge in [-0.2, -0.15) is 5.10 Å². The molecular formula is C18H17F5N4O3S2. The van der Waals surface area contributed by atoms with Crippen LogP contribution in [-0.2, 0) is 17.1 Å². The zero-order valence-corrected chi connectivity index (χ0v) is 18.2. The number of nitrogens with one attached hydrogen (secondary N) is 2. The van der Waals surface area contributed by atoms with E-state index in [1.54, 1.807) is 0 Å². The fourth-order valence-electron chi connectivity index (χ4n) is 2.73. The highest BCUT2D eigenvalue weighted by Crippen LogP contribution is 3.02. The Morgan fingerprint density at radius 1 is 0.938 bits per heavy atom. The molecule has 2 N–H and O–H groups in total. The van der Waals surface area contributed by atoms with E-state index < -0.39 is 30.7 Å². The Labute approximate surface area is 179 Å². The third-order valence-corrected chi connectivity index (χ3v) is 6.96. The van der Waals surface area contributed by atoms with Gasteiger partial charge in [-0.25, -0.2) is 17.8 Å². The standard InChI is InChI=1S/C18H17F5N4O3S2/c1-24-31(29,30)13-5-8-16(15(11-13)17-9-10-18(28)27(2)26-17)25-12-3-6-14(7-4-12)32(19,20,21,22)23/h3-11,24-25H,1-2H3. The molecule has 7 nitrogen and oxygen atoms in total. The van der Waals surface area contributed by atoms with Crippen LogP contribution in [0.15, 0.2) is 69.2 Å². The number of hydrogen-bond donors (Lipinski definition) is 2. The minimum Gasteiger partial charge on any atom is -0.355 e. The van der Waals surface area contributed by atoms with Crippen LogP contribution in [0.25, 0.3) is 11.3 Å². The van der Waals surface area contributed by atoms with Gasteiger partial charge >= 0.3 is 10.2 Å². The van der Waals surface area contributed by atoms with Gasteiger partial charge in [0.25, 0.3) is 5.56 Å². The minimum atomic E-state index is -9.81. The molecule has 1 heterocycles. The molecule has 2 aromatic carbocycles. The second kappa shape index (κ2) is 7.02. The summed E-state index contributed by atoms with van der Waals surface area (Å²) < 4.78 is 92.2. The summed E-state index contributed by atoms with van der Waals surface area (Å²) in [6.07, 6.45) is 0. The molecule has 0 bridgehead atoms. The summed E-state index contributed by atoms with van der Waals surface area (Å²) in [5.74, 6) is 0. The van der Waals surface area contributed by atoms with Gasteiger partial charge in [0.1, 0.15) is 4.90 Å². The van der Waals surface area contributed by atoms with Crippen molar-refractivity contribution in [2.24, 2.45) is 7.05 Å². The number of aryl methyl sites for hydroxylation is 1. The Balaban J connectivity index is 2.10. The highest BCUT2D eigenvalue weighted by molar-refractivity contribution is 8.45. The molecule has 32 heavy (non-hydrogen) atoms. The van der Waals surface area contributed by atoms with Gasteiger partial charge in [0, 0.05) is 30.1 Å². The smallest absolute Gasteiger partial charge is 0.310 e.